The van der Waals surface area contributed by atoms with Gasteiger partial charge < -0.3 is 5.32 Å². The van der Waals surface area contributed by atoms with E-state index in [1.54, 1.807) is 0 Å². The van der Waals surface area contributed by atoms with Crippen LogP contribution in [0.5, 0.6) is 0 Å². The van der Waals surface area contributed by atoms with Crippen LogP contribution in [0.15, 0.2) is 0 Å². The summed E-state index contributed by atoms with van der Waals surface area (Å²) in [6.45, 7) is 0. The number of hydrogen-bond acceptors (Lipinski definition) is 3. The van der Waals surface area contributed by atoms with Crippen LogP contribution < -0.4 is 10.6 Å². The third-order valence-corrected chi connectivity index (χ3v) is 1.24. The first-order valence-electron chi connectivity index (χ1n) is 2.77. The molecule has 1 atom stereocenters. The van der Waals surface area contributed by atoms with Gasteiger partial charge in [0.15, 0.2) is 0 Å². The quantitative estimate of drug-likeness (QED) is 0.351. The van der Waals surface area contributed by atoms with Crippen LogP contribution in [0.4, 0.5) is 0 Å². The van der Waals surface area contributed by atoms with E-state index in [1.165, 1.54) is 0 Å². The van der Waals surface area contributed by atoms with Crippen molar-refractivity contribution in [1.29, 1.82) is 0 Å². The predicted octanol–water partition coefficient (Wildman–Crippen LogP) is -1.85. The highest BCUT2D eigenvalue weighted by atomic mass is 16.2. The number of hydrogen-bond donors (Lipinski definition) is 2. The van der Waals surface area contributed by atoms with Gasteiger partial charge in [-0.05, 0) is 0 Å². The lowest BCUT2D eigenvalue weighted by atomic mass is 10.2. The normalized spacial score (nSPS) is 24.2. The fraction of sp³-hybridized carbons (Fsp3) is 0.400. The zero-order valence-corrected chi connectivity index (χ0v) is 5.09. The largest absolute Gasteiger partial charge is 0.346 e. The highest BCUT2D eigenvalue weighted by Crippen LogP contribution is 1.98. The lowest BCUT2D eigenvalue weighted by Crippen LogP contribution is -2.35. The Bertz CT molecular complexity index is 189. The zero-order chi connectivity index (χ0) is 7.56. The van der Waals surface area contributed by atoms with Gasteiger partial charge in [0.25, 0.3) is 0 Å². The molecule has 0 aromatic rings. The van der Waals surface area contributed by atoms with E-state index in [-0.39, 0.29) is 12.3 Å². The third-order valence-electron chi connectivity index (χ3n) is 1.24. The Morgan fingerprint density at radius 1 is 1.60 bits per heavy atom. The van der Waals surface area contributed by atoms with Crippen molar-refractivity contribution in [2.75, 3.05) is 0 Å². The number of amides is 3. The molecule has 5 heteroatoms. The van der Waals surface area contributed by atoms with Crippen LogP contribution in [-0.2, 0) is 14.4 Å². The van der Waals surface area contributed by atoms with Crippen LogP contribution in [0, 0.1) is 0 Å². The maximum Gasteiger partial charge on any atom is 0.249 e. The van der Waals surface area contributed by atoms with E-state index < -0.39 is 11.9 Å². The molecule has 0 aromatic carbocycles. The van der Waals surface area contributed by atoms with Crippen LogP contribution in [0.2, 0.25) is 0 Å². The summed E-state index contributed by atoms with van der Waals surface area (Å²) in [4.78, 5) is 30.9. The fourth-order valence-corrected chi connectivity index (χ4v) is 0.770. The summed E-state index contributed by atoms with van der Waals surface area (Å²) >= 11 is 0. The Kier molecular flexibility index (Phi) is 1.66. The Hall–Kier alpha value is -1.39. The van der Waals surface area contributed by atoms with E-state index in [2.05, 4.69) is 10.6 Å². The fourth-order valence-electron chi connectivity index (χ4n) is 0.770. The highest BCUT2D eigenvalue weighted by molar-refractivity contribution is 6.06. The molecule has 0 spiro atoms. The molecule has 5 nitrogen and oxygen atoms in total. The Morgan fingerprint density at radius 2 is 2.30 bits per heavy atom. The molecule has 0 aromatic heterocycles. The molecule has 1 aliphatic rings. The summed E-state index contributed by atoms with van der Waals surface area (Å²) < 4.78 is 0. The van der Waals surface area contributed by atoms with E-state index in [0.717, 1.165) is 0 Å². The van der Waals surface area contributed by atoms with Crippen molar-refractivity contribution in [2.45, 2.75) is 12.5 Å². The standard InChI is InChI=1S/C5H6N2O3/c8-2-6-3-1-4(9)7-5(3)10/h2-3H,1H2,(H,6,8)(H,7,9,10). The van der Waals surface area contributed by atoms with Crippen molar-refractivity contribution < 1.29 is 14.4 Å². The first kappa shape index (κ1) is 6.73. The molecule has 0 saturated carbocycles. The van der Waals surface area contributed by atoms with Crippen molar-refractivity contribution in [2.24, 2.45) is 0 Å². The van der Waals surface area contributed by atoms with Gasteiger partial charge in [-0.25, -0.2) is 0 Å². The van der Waals surface area contributed by atoms with Crippen LogP contribution >= 0.6 is 0 Å². The second kappa shape index (κ2) is 2.47. The van der Waals surface area contributed by atoms with Gasteiger partial charge >= 0.3 is 0 Å². The van der Waals surface area contributed by atoms with Crippen molar-refractivity contribution in [3.8, 4) is 0 Å². The summed E-state index contributed by atoms with van der Waals surface area (Å²) in [5.41, 5.74) is 0. The van der Waals surface area contributed by atoms with Crippen LogP contribution in [-0.4, -0.2) is 24.3 Å². The van der Waals surface area contributed by atoms with E-state index in [9.17, 15) is 14.4 Å². The monoisotopic (exact) mass is 142 g/mol. The van der Waals surface area contributed by atoms with E-state index >= 15 is 0 Å². The first-order chi connectivity index (χ1) is 4.74. The predicted molar refractivity (Wildman–Crippen MR) is 30.8 cm³/mol. The number of rotatable bonds is 2. The minimum absolute atomic E-state index is 0.0531. The summed E-state index contributed by atoms with van der Waals surface area (Å²) in [6, 6.07) is -0.662. The van der Waals surface area contributed by atoms with Gasteiger partial charge in [-0.1, -0.05) is 0 Å². The maximum atomic E-state index is 10.6. The van der Waals surface area contributed by atoms with Gasteiger partial charge in [0.2, 0.25) is 18.2 Å². The van der Waals surface area contributed by atoms with Crippen molar-refractivity contribution >= 4 is 18.2 Å². The molecule has 1 unspecified atom stereocenters. The molecule has 1 saturated heterocycles. The second-order valence-corrected chi connectivity index (χ2v) is 1.95. The van der Waals surface area contributed by atoms with Gasteiger partial charge in [0.1, 0.15) is 6.04 Å². The zero-order valence-electron chi connectivity index (χ0n) is 5.09. The molecular formula is C5H6N2O3. The average Bonchev–Trinajstić information content (AvgIpc) is 2.13. The van der Waals surface area contributed by atoms with E-state index in [0.29, 0.717) is 6.41 Å². The summed E-state index contributed by atoms with van der Waals surface area (Å²) in [5.74, 6) is -0.776. The molecule has 3 amide bonds. The van der Waals surface area contributed by atoms with Crippen molar-refractivity contribution in [3.63, 3.8) is 0 Å². The summed E-state index contributed by atoms with van der Waals surface area (Å²) in [6.07, 6.45) is 0.459. The van der Waals surface area contributed by atoms with Gasteiger partial charge in [0, 0.05) is 0 Å². The van der Waals surface area contributed by atoms with Crippen LogP contribution in [0.1, 0.15) is 6.42 Å². The number of carbonyl (C=O) groups excluding carboxylic acids is 3. The SMILES string of the molecule is O=CNC1CC(=O)NC1=O. The lowest BCUT2D eigenvalue weighted by Gasteiger charge is -1.99. The number of imide groups is 1. The number of nitrogens with one attached hydrogen (secondary N) is 2. The van der Waals surface area contributed by atoms with E-state index in [1.807, 2.05) is 0 Å². The van der Waals surface area contributed by atoms with Crippen molar-refractivity contribution in [1.82, 2.24) is 10.6 Å². The minimum atomic E-state index is -0.662. The molecular weight excluding hydrogens is 136 g/mol. The second-order valence-electron chi connectivity index (χ2n) is 1.95. The van der Waals surface area contributed by atoms with Gasteiger partial charge in [-0.3, -0.25) is 19.7 Å². The maximum absolute atomic E-state index is 10.6. The molecule has 1 aliphatic heterocycles. The molecule has 0 aliphatic carbocycles. The topological polar surface area (TPSA) is 75.3 Å². The van der Waals surface area contributed by atoms with Crippen LogP contribution in [0.3, 0.4) is 0 Å². The molecule has 10 heavy (non-hydrogen) atoms. The first-order valence-corrected chi connectivity index (χ1v) is 2.77. The Labute approximate surface area is 56.8 Å². The molecule has 0 bridgehead atoms. The van der Waals surface area contributed by atoms with Gasteiger partial charge in [-0.2, -0.15) is 0 Å². The lowest BCUT2D eigenvalue weighted by molar-refractivity contribution is -0.126. The molecule has 54 valence electrons. The van der Waals surface area contributed by atoms with Gasteiger partial charge in [0.05, 0.1) is 6.42 Å². The van der Waals surface area contributed by atoms with Crippen molar-refractivity contribution in [3.05, 3.63) is 0 Å². The highest BCUT2D eigenvalue weighted by Gasteiger charge is 2.29. The van der Waals surface area contributed by atoms with E-state index in [4.69, 9.17) is 0 Å². The molecule has 1 heterocycles. The molecule has 1 fully saturated rings. The third kappa shape index (κ3) is 1.12. The van der Waals surface area contributed by atoms with Gasteiger partial charge in [-0.15, -0.1) is 0 Å². The van der Waals surface area contributed by atoms with Crippen LogP contribution in [0.25, 0.3) is 0 Å². The Balaban J connectivity index is 2.54. The average molecular weight is 142 g/mol. The smallest absolute Gasteiger partial charge is 0.249 e. The molecule has 2 N–H and O–H groups in total. The Morgan fingerprint density at radius 3 is 2.70 bits per heavy atom. The number of carbonyl (C=O) groups is 3. The summed E-state index contributed by atoms with van der Waals surface area (Å²) in [7, 11) is 0. The molecule has 1 rings (SSSR count). The summed E-state index contributed by atoms with van der Waals surface area (Å²) in [5, 5.41) is 4.26. The minimum Gasteiger partial charge on any atom is -0.346 e. The molecule has 0 radical (unpaired) electrons.